The Kier molecular flexibility index (Phi) is 6.61. The highest BCUT2D eigenvalue weighted by molar-refractivity contribution is 6.35. The van der Waals surface area contributed by atoms with Gasteiger partial charge in [0.25, 0.3) is 0 Å². The number of hydrogen-bond donors (Lipinski definition) is 1. The minimum atomic E-state index is -0.704. The highest BCUT2D eigenvalue weighted by Crippen LogP contribution is 2.36. The van der Waals surface area contributed by atoms with Crippen LogP contribution in [0.25, 0.3) is 5.52 Å². The zero-order valence-corrected chi connectivity index (χ0v) is 17.1. The average Bonchev–Trinajstić information content (AvgIpc) is 3.00. The van der Waals surface area contributed by atoms with E-state index in [1.54, 1.807) is 0 Å². The van der Waals surface area contributed by atoms with E-state index in [0.717, 1.165) is 36.9 Å². The summed E-state index contributed by atoms with van der Waals surface area (Å²) in [6.45, 7) is 5.43. The predicted octanol–water partition coefficient (Wildman–Crippen LogP) is 5.08. The second-order valence-electron chi connectivity index (χ2n) is 7.92. The smallest absolute Gasteiger partial charge is 0.165 e. The highest BCUT2D eigenvalue weighted by atomic mass is 35.5. The molecule has 0 radical (unpaired) electrons. The van der Waals surface area contributed by atoms with E-state index in [1.807, 2.05) is 35.7 Å². The monoisotopic (exact) mass is 391 g/mol. The predicted molar refractivity (Wildman–Crippen MR) is 109 cm³/mol. The molecule has 1 N–H and O–H groups in total. The van der Waals surface area contributed by atoms with Crippen molar-refractivity contribution in [3.8, 4) is 0 Å². The van der Waals surface area contributed by atoms with E-state index in [4.69, 9.17) is 16.3 Å². The summed E-state index contributed by atoms with van der Waals surface area (Å²) in [7, 11) is 0. The lowest BCUT2D eigenvalue weighted by atomic mass is 9.76. The minimum Gasteiger partial charge on any atom is -0.390 e. The van der Waals surface area contributed by atoms with Crippen molar-refractivity contribution in [3.63, 3.8) is 0 Å². The van der Waals surface area contributed by atoms with E-state index in [9.17, 15) is 9.90 Å². The quantitative estimate of drug-likeness (QED) is 0.504. The molecule has 0 bridgehead atoms. The molecule has 148 valence electrons. The fraction of sp³-hybridized carbons (Fsp3) is 0.591. The summed E-state index contributed by atoms with van der Waals surface area (Å²) in [5.74, 6) is 0.573. The Labute approximate surface area is 166 Å². The van der Waals surface area contributed by atoms with Gasteiger partial charge in [-0.05, 0) is 50.3 Å². The van der Waals surface area contributed by atoms with Crippen LogP contribution in [0.3, 0.4) is 0 Å². The van der Waals surface area contributed by atoms with Crippen LogP contribution in [0.5, 0.6) is 0 Å². The van der Waals surface area contributed by atoms with E-state index in [-0.39, 0.29) is 5.78 Å². The maximum atomic E-state index is 13.0. The Bertz CT molecular complexity index is 800. The molecular weight excluding hydrogens is 362 g/mol. The molecule has 1 aliphatic carbocycles. The molecule has 1 fully saturated rings. The third kappa shape index (κ3) is 4.74. The Balaban J connectivity index is 1.79. The van der Waals surface area contributed by atoms with Gasteiger partial charge in [0.1, 0.15) is 0 Å². The molecule has 4 nitrogen and oxygen atoms in total. The lowest BCUT2D eigenvalue weighted by molar-refractivity contribution is -0.0204. The average molecular weight is 392 g/mol. The van der Waals surface area contributed by atoms with Crippen LogP contribution in [0.1, 0.15) is 68.4 Å². The first-order chi connectivity index (χ1) is 12.9. The number of Topliss-reactive ketones (excluding diaryl/α,β-unsaturated/α-hetero) is 1. The molecule has 0 aliphatic heterocycles. The third-order valence-corrected chi connectivity index (χ3v) is 6.02. The van der Waals surface area contributed by atoms with E-state index < -0.39 is 5.60 Å². The second-order valence-corrected chi connectivity index (χ2v) is 8.33. The number of ketones is 1. The number of hydrogen-bond acceptors (Lipinski definition) is 3. The van der Waals surface area contributed by atoms with Crippen molar-refractivity contribution in [3.05, 3.63) is 40.7 Å². The van der Waals surface area contributed by atoms with Gasteiger partial charge in [-0.1, -0.05) is 31.4 Å². The summed E-state index contributed by atoms with van der Waals surface area (Å²) in [5, 5.41) is 11.4. The fourth-order valence-electron chi connectivity index (χ4n) is 4.35. The molecule has 5 heteroatoms. The number of rotatable bonds is 8. The first kappa shape index (κ1) is 20.4. The topological polar surface area (TPSA) is 50.9 Å². The van der Waals surface area contributed by atoms with Crippen LogP contribution in [0.2, 0.25) is 5.02 Å². The molecule has 2 aromatic heterocycles. The van der Waals surface area contributed by atoms with Gasteiger partial charge < -0.3 is 14.2 Å². The van der Waals surface area contributed by atoms with Crippen LogP contribution in [-0.2, 0) is 11.2 Å². The van der Waals surface area contributed by atoms with Crippen molar-refractivity contribution >= 4 is 22.9 Å². The Morgan fingerprint density at radius 1 is 1.48 bits per heavy atom. The van der Waals surface area contributed by atoms with Gasteiger partial charge in [0.15, 0.2) is 5.78 Å². The standard InChI is InChI=1S/C22H30ClNO3/c1-3-27-13-9-17-14-18(21-19(23)7-5-12-24(17)21)20(25)8-11-22(26)10-4-6-16(2)15-22/h5,7,12,14,16,26H,3-4,6,8-11,13,15H2,1-2H3. The number of carbonyl (C=O) groups excluding carboxylic acids is 1. The van der Waals surface area contributed by atoms with Gasteiger partial charge in [-0.25, -0.2) is 0 Å². The minimum absolute atomic E-state index is 0.0508. The molecule has 0 spiro atoms. The maximum Gasteiger partial charge on any atom is 0.165 e. The molecule has 2 unspecified atom stereocenters. The van der Waals surface area contributed by atoms with E-state index in [2.05, 4.69) is 6.92 Å². The molecule has 0 amide bonds. The van der Waals surface area contributed by atoms with Gasteiger partial charge in [-0.15, -0.1) is 0 Å². The molecule has 3 rings (SSSR count). The van der Waals surface area contributed by atoms with Crippen molar-refractivity contribution < 1.29 is 14.6 Å². The van der Waals surface area contributed by atoms with Crippen LogP contribution < -0.4 is 0 Å². The van der Waals surface area contributed by atoms with Crippen LogP contribution in [0.4, 0.5) is 0 Å². The first-order valence-corrected chi connectivity index (χ1v) is 10.4. The summed E-state index contributed by atoms with van der Waals surface area (Å²) < 4.78 is 7.46. The number of ether oxygens (including phenoxy) is 1. The summed E-state index contributed by atoms with van der Waals surface area (Å²) in [5.41, 5.74) is 1.73. The molecular formula is C22H30ClNO3. The van der Waals surface area contributed by atoms with Gasteiger partial charge >= 0.3 is 0 Å². The summed E-state index contributed by atoms with van der Waals surface area (Å²) in [6.07, 6.45) is 7.32. The first-order valence-electron chi connectivity index (χ1n) is 10.1. The Morgan fingerprint density at radius 3 is 3.04 bits per heavy atom. The normalized spacial score (nSPS) is 23.0. The Hall–Kier alpha value is -1.36. The number of nitrogens with zero attached hydrogens (tertiary/aromatic N) is 1. The molecule has 2 aromatic rings. The van der Waals surface area contributed by atoms with Crippen molar-refractivity contribution in [2.75, 3.05) is 13.2 Å². The zero-order valence-electron chi connectivity index (χ0n) is 16.3. The molecule has 27 heavy (non-hydrogen) atoms. The number of pyridine rings is 1. The molecule has 0 aromatic carbocycles. The van der Waals surface area contributed by atoms with Crippen molar-refractivity contribution in [2.45, 2.75) is 64.4 Å². The van der Waals surface area contributed by atoms with Gasteiger partial charge in [-0.3, -0.25) is 4.79 Å². The van der Waals surface area contributed by atoms with Crippen LogP contribution in [0, 0.1) is 5.92 Å². The molecule has 2 atom stereocenters. The van der Waals surface area contributed by atoms with Gasteiger partial charge in [-0.2, -0.15) is 0 Å². The van der Waals surface area contributed by atoms with Gasteiger partial charge in [0.05, 0.1) is 22.7 Å². The van der Waals surface area contributed by atoms with Crippen molar-refractivity contribution in [1.82, 2.24) is 4.40 Å². The number of halogens is 1. The SMILES string of the molecule is CCOCCc1cc(C(=O)CCC2(O)CCCC(C)C2)c2c(Cl)cccn12. The van der Waals surface area contributed by atoms with Crippen molar-refractivity contribution in [2.24, 2.45) is 5.92 Å². The van der Waals surface area contributed by atoms with Crippen LogP contribution >= 0.6 is 11.6 Å². The van der Waals surface area contributed by atoms with Crippen LogP contribution in [0.15, 0.2) is 24.4 Å². The van der Waals surface area contributed by atoms with Gasteiger partial charge in [0, 0.05) is 36.9 Å². The van der Waals surface area contributed by atoms with E-state index in [0.29, 0.717) is 42.6 Å². The fourth-order valence-corrected chi connectivity index (χ4v) is 4.62. The van der Waals surface area contributed by atoms with E-state index in [1.165, 1.54) is 6.42 Å². The van der Waals surface area contributed by atoms with Gasteiger partial charge in [0.2, 0.25) is 0 Å². The molecule has 2 heterocycles. The number of aromatic nitrogens is 1. The number of aliphatic hydroxyl groups is 1. The zero-order chi connectivity index (χ0) is 19.4. The van der Waals surface area contributed by atoms with E-state index >= 15 is 0 Å². The Morgan fingerprint density at radius 2 is 2.30 bits per heavy atom. The third-order valence-electron chi connectivity index (χ3n) is 5.71. The lowest BCUT2D eigenvalue weighted by Crippen LogP contribution is -2.35. The molecule has 0 saturated heterocycles. The molecule has 1 aliphatic rings. The molecule has 1 saturated carbocycles. The lowest BCUT2D eigenvalue weighted by Gasteiger charge is -2.35. The van der Waals surface area contributed by atoms with Crippen molar-refractivity contribution in [1.29, 1.82) is 0 Å². The highest BCUT2D eigenvalue weighted by Gasteiger charge is 2.33. The van der Waals surface area contributed by atoms with Crippen LogP contribution in [-0.4, -0.2) is 34.1 Å². The number of carbonyl (C=O) groups is 1. The second kappa shape index (κ2) is 8.76. The summed E-state index contributed by atoms with van der Waals surface area (Å²) in [6, 6.07) is 5.65. The number of fused-ring (bicyclic) bond motifs is 1. The summed E-state index contributed by atoms with van der Waals surface area (Å²) >= 11 is 6.42. The summed E-state index contributed by atoms with van der Waals surface area (Å²) in [4.78, 5) is 13.0. The largest absolute Gasteiger partial charge is 0.390 e. The maximum absolute atomic E-state index is 13.0.